The lowest BCUT2D eigenvalue weighted by molar-refractivity contribution is 1.09. The van der Waals surface area contributed by atoms with Gasteiger partial charge in [0.05, 0.1) is 5.69 Å². The number of hydrogen-bond acceptors (Lipinski definition) is 3. The highest BCUT2D eigenvalue weighted by Crippen LogP contribution is 2.13. The molecule has 11 heavy (non-hydrogen) atoms. The van der Waals surface area contributed by atoms with Crippen molar-refractivity contribution in [1.29, 1.82) is 0 Å². The third-order valence-electron chi connectivity index (χ3n) is 1.24. The van der Waals surface area contributed by atoms with Crippen LogP contribution in [0.15, 0.2) is 17.8 Å². The van der Waals surface area contributed by atoms with Crippen molar-refractivity contribution in [3.05, 3.63) is 24.2 Å². The second-order valence-corrected chi connectivity index (χ2v) is 2.08. The fraction of sp³-hybridized carbons (Fsp3) is 0.125. The van der Waals surface area contributed by atoms with Gasteiger partial charge in [-0.2, -0.15) is 0 Å². The average molecular weight is 147 g/mol. The highest BCUT2D eigenvalue weighted by Gasteiger charge is 1.98. The van der Waals surface area contributed by atoms with E-state index >= 15 is 0 Å². The van der Waals surface area contributed by atoms with Crippen LogP contribution < -0.4 is 0 Å². The molecule has 1 aromatic heterocycles. The molecule has 1 rings (SSSR count). The Kier molecular flexibility index (Phi) is 2.11. The standard InChI is InChI=1S/C8H9N3/c1-4-7-8(9-3)11-6(2)5-10-7/h4-5H,1,3H2,2H3. The zero-order valence-corrected chi connectivity index (χ0v) is 6.41. The van der Waals surface area contributed by atoms with Crippen LogP contribution in [-0.2, 0) is 0 Å². The van der Waals surface area contributed by atoms with E-state index in [1.54, 1.807) is 12.3 Å². The van der Waals surface area contributed by atoms with Gasteiger partial charge in [-0.1, -0.05) is 6.58 Å². The molecule has 0 aliphatic heterocycles. The Morgan fingerprint density at radius 1 is 1.64 bits per heavy atom. The van der Waals surface area contributed by atoms with Crippen LogP contribution in [0.1, 0.15) is 11.4 Å². The molecule has 0 aromatic carbocycles. The zero-order valence-electron chi connectivity index (χ0n) is 6.41. The Hall–Kier alpha value is -1.51. The Labute approximate surface area is 65.5 Å². The monoisotopic (exact) mass is 147 g/mol. The van der Waals surface area contributed by atoms with E-state index in [0.29, 0.717) is 11.5 Å². The summed E-state index contributed by atoms with van der Waals surface area (Å²) in [7, 11) is 0. The quantitative estimate of drug-likeness (QED) is 0.598. The number of hydrogen-bond donors (Lipinski definition) is 0. The molecule has 0 spiro atoms. The lowest BCUT2D eigenvalue weighted by atomic mass is 10.4. The minimum absolute atomic E-state index is 0.542. The molecule has 0 atom stereocenters. The van der Waals surface area contributed by atoms with Gasteiger partial charge in [0.1, 0.15) is 5.69 Å². The van der Waals surface area contributed by atoms with Gasteiger partial charge >= 0.3 is 0 Å². The molecule has 0 unspecified atom stereocenters. The maximum absolute atomic E-state index is 4.10. The van der Waals surface area contributed by atoms with E-state index < -0.39 is 0 Å². The number of aliphatic imine (C=N–C) groups is 1. The number of aryl methyl sites for hydroxylation is 1. The minimum Gasteiger partial charge on any atom is -0.251 e. The van der Waals surface area contributed by atoms with Crippen molar-refractivity contribution in [2.45, 2.75) is 6.92 Å². The molecule has 3 heteroatoms. The van der Waals surface area contributed by atoms with E-state index in [1.807, 2.05) is 6.92 Å². The van der Waals surface area contributed by atoms with Crippen LogP contribution in [0, 0.1) is 6.92 Å². The molecule has 0 radical (unpaired) electrons. The largest absolute Gasteiger partial charge is 0.251 e. The summed E-state index contributed by atoms with van der Waals surface area (Å²) in [5.74, 6) is 0.542. The lowest BCUT2D eigenvalue weighted by Crippen LogP contribution is -1.88. The maximum atomic E-state index is 4.10. The van der Waals surface area contributed by atoms with Gasteiger partial charge in [0.15, 0.2) is 5.82 Å². The van der Waals surface area contributed by atoms with Gasteiger partial charge in [0.2, 0.25) is 0 Å². The molecular formula is C8H9N3. The van der Waals surface area contributed by atoms with Gasteiger partial charge in [-0.25, -0.2) is 9.98 Å². The zero-order chi connectivity index (χ0) is 8.27. The fourth-order valence-corrected chi connectivity index (χ4v) is 0.734. The van der Waals surface area contributed by atoms with Crippen molar-refractivity contribution >= 4 is 18.6 Å². The summed E-state index contributed by atoms with van der Waals surface area (Å²) in [6.45, 7) is 8.82. The van der Waals surface area contributed by atoms with Gasteiger partial charge in [0, 0.05) is 6.20 Å². The van der Waals surface area contributed by atoms with E-state index in [2.05, 4.69) is 28.3 Å². The molecule has 0 amide bonds. The number of aromatic nitrogens is 2. The fourth-order valence-electron chi connectivity index (χ4n) is 0.734. The second kappa shape index (κ2) is 3.05. The van der Waals surface area contributed by atoms with Gasteiger partial charge in [-0.3, -0.25) is 4.98 Å². The summed E-state index contributed by atoms with van der Waals surface area (Å²) in [6.07, 6.45) is 3.28. The Bertz CT molecular complexity index is 291. The van der Waals surface area contributed by atoms with Crippen LogP contribution >= 0.6 is 0 Å². The molecule has 0 saturated carbocycles. The van der Waals surface area contributed by atoms with Crippen LogP contribution in [0.4, 0.5) is 5.82 Å². The van der Waals surface area contributed by atoms with Crippen LogP contribution in [0.3, 0.4) is 0 Å². The maximum Gasteiger partial charge on any atom is 0.177 e. The third kappa shape index (κ3) is 1.49. The summed E-state index contributed by atoms with van der Waals surface area (Å²) >= 11 is 0. The van der Waals surface area contributed by atoms with Gasteiger partial charge in [0.25, 0.3) is 0 Å². The van der Waals surface area contributed by atoms with E-state index in [0.717, 1.165) is 5.69 Å². The van der Waals surface area contributed by atoms with Gasteiger partial charge in [-0.05, 0) is 19.7 Å². The van der Waals surface area contributed by atoms with Crippen LogP contribution in [-0.4, -0.2) is 16.7 Å². The molecule has 0 bridgehead atoms. The predicted molar refractivity (Wildman–Crippen MR) is 46.1 cm³/mol. The second-order valence-electron chi connectivity index (χ2n) is 2.08. The van der Waals surface area contributed by atoms with Gasteiger partial charge in [-0.15, -0.1) is 0 Å². The molecule has 0 fully saturated rings. The molecule has 0 saturated heterocycles. The normalized spacial score (nSPS) is 9.18. The molecule has 1 heterocycles. The molecule has 3 nitrogen and oxygen atoms in total. The van der Waals surface area contributed by atoms with Crippen molar-refractivity contribution in [1.82, 2.24) is 9.97 Å². The lowest BCUT2D eigenvalue weighted by Gasteiger charge is -1.97. The van der Waals surface area contributed by atoms with Gasteiger partial charge < -0.3 is 0 Å². The summed E-state index contributed by atoms with van der Waals surface area (Å²) < 4.78 is 0. The van der Waals surface area contributed by atoms with Crippen LogP contribution in [0.5, 0.6) is 0 Å². The molecule has 1 aromatic rings. The molecule has 0 N–H and O–H groups in total. The predicted octanol–water partition coefficient (Wildman–Crippen LogP) is 1.76. The van der Waals surface area contributed by atoms with Crippen molar-refractivity contribution in [3.8, 4) is 0 Å². The van der Waals surface area contributed by atoms with Crippen LogP contribution in [0.25, 0.3) is 6.08 Å². The number of nitrogens with zero attached hydrogens (tertiary/aromatic N) is 3. The van der Waals surface area contributed by atoms with E-state index in [4.69, 9.17) is 0 Å². The first-order valence-corrected chi connectivity index (χ1v) is 3.20. The smallest absolute Gasteiger partial charge is 0.177 e. The third-order valence-corrected chi connectivity index (χ3v) is 1.24. The van der Waals surface area contributed by atoms with Crippen LogP contribution in [0.2, 0.25) is 0 Å². The Morgan fingerprint density at radius 3 is 2.91 bits per heavy atom. The summed E-state index contributed by atoms with van der Waals surface area (Å²) in [4.78, 5) is 11.9. The van der Waals surface area contributed by atoms with E-state index in [-0.39, 0.29) is 0 Å². The first-order chi connectivity index (χ1) is 5.27. The van der Waals surface area contributed by atoms with E-state index in [9.17, 15) is 0 Å². The minimum atomic E-state index is 0.542. The first kappa shape index (κ1) is 7.60. The van der Waals surface area contributed by atoms with Crippen molar-refractivity contribution in [3.63, 3.8) is 0 Å². The molecule has 56 valence electrons. The summed E-state index contributed by atoms with van der Waals surface area (Å²) in [5, 5.41) is 0. The van der Waals surface area contributed by atoms with Crippen molar-refractivity contribution in [2.75, 3.05) is 0 Å². The van der Waals surface area contributed by atoms with E-state index in [1.165, 1.54) is 0 Å². The molecule has 0 aliphatic rings. The molecule has 0 aliphatic carbocycles. The van der Waals surface area contributed by atoms with Crippen molar-refractivity contribution < 1.29 is 0 Å². The topological polar surface area (TPSA) is 38.1 Å². The average Bonchev–Trinajstić information content (AvgIpc) is 2.04. The number of rotatable bonds is 2. The Morgan fingerprint density at radius 2 is 2.36 bits per heavy atom. The SMILES string of the molecule is C=Cc1ncc(C)nc1N=C. The summed E-state index contributed by atoms with van der Waals surface area (Å²) in [6, 6.07) is 0. The highest BCUT2D eigenvalue weighted by atomic mass is 14.9. The highest BCUT2D eigenvalue weighted by molar-refractivity contribution is 5.57. The molecular weight excluding hydrogens is 138 g/mol. The summed E-state index contributed by atoms with van der Waals surface area (Å²) in [5.41, 5.74) is 1.50. The Balaban J connectivity index is 3.26. The van der Waals surface area contributed by atoms with Crippen molar-refractivity contribution in [2.24, 2.45) is 4.99 Å². The first-order valence-electron chi connectivity index (χ1n) is 3.20.